The average molecular weight is 492 g/mol. The van der Waals surface area contributed by atoms with Crippen LogP contribution in [0.2, 0.25) is 0 Å². The summed E-state index contributed by atoms with van der Waals surface area (Å²) >= 11 is 0. The Kier molecular flexibility index (Phi) is 6.72. The van der Waals surface area contributed by atoms with Crippen molar-refractivity contribution in [3.63, 3.8) is 0 Å². The minimum Gasteiger partial charge on any atom is -0.444 e. The first-order valence-corrected chi connectivity index (χ1v) is 12.0. The molecule has 3 N–H and O–H groups in total. The van der Waals surface area contributed by atoms with E-state index >= 15 is 0 Å². The number of hydrogen-bond acceptors (Lipinski definition) is 7. The number of oxazole rings is 1. The maximum Gasteiger partial charge on any atom is 0.277 e. The van der Waals surface area contributed by atoms with Crippen molar-refractivity contribution in [2.75, 3.05) is 5.32 Å². The molecule has 9 nitrogen and oxygen atoms in total. The molecule has 0 fully saturated rings. The van der Waals surface area contributed by atoms with Gasteiger partial charge in [0.25, 0.3) is 5.91 Å². The molecule has 0 aliphatic carbocycles. The highest BCUT2D eigenvalue weighted by atomic mass is 16.3. The van der Waals surface area contributed by atoms with E-state index < -0.39 is 17.1 Å². The second-order valence-corrected chi connectivity index (χ2v) is 10.6. The normalized spacial score (nSPS) is 12.5. The molecule has 9 heteroatoms. The number of benzene rings is 1. The number of anilines is 1. The van der Waals surface area contributed by atoms with Crippen LogP contribution in [0.15, 0.2) is 47.3 Å². The van der Waals surface area contributed by atoms with E-state index in [0.29, 0.717) is 35.6 Å². The summed E-state index contributed by atoms with van der Waals surface area (Å²) in [6, 6.07) is 7.24. The fourth-order valence-corrected chi connectivity index (χ4v) is 3.83. The third-order valence-corrected chi connectivity index (χ3v) is 5.91. The van der Waals surface area contributed by atoms with E-state index in [-0.39, 0.29) is 11.6 Å². The van der Waals surface area contributed by atoms with Gasteiger partial charge < -0.3 is 19.9 Å². The van der Waals surface area contributed by atoms with Gasteiger partial charge in [-0.05, 0) is 64.3 Å². The van der Waals surface area contributed by atoms with Crippen LogP contribution in [-0.4, -0.2) is 41.5 Å². The van der Waals surface area contributed by atoms with Gasteiger partial charge in [0.1, 0.15) is 6.26 Å². The molecule has 3 aromatic heterocycles. The predicted octanol–water partition coefficient (Wildman–Crippen LogP) is 4.85. The van der Waals surface area contributed by atoms with Gasteiger partial charge in [-0.3, -0.25) is 14.5 Å². The van der Waals surface area contributed by atoms with Gasteiger partial charge >= 0.3 is 0 Å². The van der Waals surface area contributed by atoms with Crippen molar-refractivity contribution in [1.29, 1.82) is 0 Å². The molecule has 190 valence electrons. The van der Waals surface area contributed by atoms with Crippen molar-refractivity contribution < 1.29 is 19.4 Å². The van der Waals surface area contributed by atoms with Gasteiger partial charge in [-0.2, -0.15) is 5.10 Å². The Morgan fingerprint density at radius 3 is 2.58 bits per heavy atom. The number of carbonyl (C=O) groups excluding carboxylic acids is 1. The number of carbonyl (C=O) groups is 1. The van der Waals surface area contributed by atoms with Crippen LogP contribution in [0.25, 0.3) is 22.4 Å². The molecule has 0 radical (unpaired) electrons. The Bertz CT molecular complexity index is 1390. The van der Waals surface area contributed by atoms with E-state index in [1.807, 2.05) is 12.3 Å². The summed E-state index contributed by atoms with van der Waals surface area (Å²) in [5.41, 5.74) is 1.39. The molecule has 4 rings (SSSR count). The SMILES string of the molecule is CC(C)c1cc(-c2nc(C(=O)Nc3cc4cn(CCC(C)(C)O)nc4cc3C(C)(C)O)co2)ccn1. The predicted molar refractivity (Wildman–Crippen MR) is 138 cm³/mol. The third kappa shape index (κ3) is 5.80. The number of fused-ring (bicyclic) bond motifs is 1. The molecule has 0 spiro atoms. The number of aromatic nitrogens is 4. The second kappa shape index (κ2) is 9.48. The van der Waals surface area contributed by atoms with Crippen LogP contribution in [-0.2, 0) is 12.1 Å². The van der Waals surface area contributed by atoms with Crippen molar-refractivity contribution in [1.82, 2.24) is 19.7 Å². The maximum atomic E-state index is 13.1. The number of hydrogen-bond donors (Lipinski definition) is 3. The number of rotatable bonds is 8. The van der Waals surface area contributed by atoms with E-state index in [9.17, 15) is 15.0 Å². The average Bonchev–Trinajstić information content (AvgIpc) is 3.43. The van der Waals surface area contributed by atoms with Gasteiger partial charge in [-0.15, -0.1) is 0 Å². The third-order valence-electron chi connectivity index (χ3n) is 5.91. The largest absolute Gasteiger partial charge is 0.444 e. The lowest BCUT2D eigenvalue weighted by atomic mass is 9.95. The van der Waals surface area contributed by atoms with Crippen LogP contribution >= 0.6 is 0 Å². The van der Waals surface area contributed by atoms with Crippen LogP contribution in [0.5, 0.6) is 0 Å². The lowest BCUT2D eigenvalue weighted by Crippen LogP contribution is -2.21. The highest BCUT2D eigenvalue weighted by Gasteiger charge is 2.24. The molecule has 1 amide bonds. The quantitative estimate of drug-likeness (QED) is 0.322. The summed E-state index contributed by atoms with van der Waals surface area (Å²) in [4.78, 5) is 21.8. The highest BCUT2D eigenvalue weighted by Crippen LogP contribution is 2.32. The van der Waals surface area contributed by atoms with Crippen LogP contribution in [0.3, 0.4) is 0 Å². The monoisotopic (exact) mass is 491 g/mol. The van der Waals surface area contributed by atoms with Gasteiger partial charge in [0.15, 0.2) is 5.69 Å². The fourth-order valence-electron chi connectivity index (χ4n) is 3.83. The Morgan fingerprint density at radius 1 is 1.17 bits per heavy atom. The molecule has 0 aliphatic rings. The number of nitrogens with one attached hydrogen (secondary N) is 1. The first-order valence-electron chi connectivity index (χ1n) is 12.0. The lowest BCUT2D eigenvalue weighted by molar-refractivity contribution is 0.0651. The second-order valence-electron chi connectivity index (χ2n) is 10.6. The van der Waals surface area contributed by atoms with Gasteiger partial charge in [0.2, 0.25) is 5.89 Å². The number of nitrogens with zero attached hydrogens (tertiary/aromatic N) is 4. The standard InChI is InChI=1S/C27H33N5O4/c1-16(2)20-11-17(7-9-28-20)25-30-23(15-36-25)24(33)29-22-12-18-14-32(10-8-26(3,4)34)31-21(18)13-19(22)27(5,6)35/h7,9,11-16,34-35H,8,10H2,1-6H3,(H,29,33). The van der Waals surface area contributed by atoms with Gasteiger partial charge in [-0.25, -0.2) is 4.98 Å². The van der Waals surface area contributed by atoms with E-state index in [1.54, 1.807) is 56.8 Å². The zero-order valence-corrected chi connectivity index (χ0v) is 21.5. The Balaban J connectivity index is 1.61. The zero-order valence-electron chi connectivity index (χ0n) is 21.5. The van der Waals surface area contributed by atoms with E-state index in [0.717, 1.165) is 16.6 Å². The van der Waals surface area contributed by atoms with Crippen molar-refractivity contribution in [2.24, 2.45) is 0 Å². The van der Waals surface area contributed by atoms with E-state index in [2.05, 4.69) is 34.2 Å². The van der Waals surface area contributed by atoms with Gasteiger partial charge in [-0.1, -0.05) is 13.8 Å². The molecule has 0 atom stereocenters. The summed E-state index contributed by atoms with van der Waals surface area (Å²) < 4.78 is 7.34. The fraction of sp³-hybridized carbons (Fsp3) is 0.407. The topological polar surface area (TPSA) is 126 Å². The molecule has 0 unspecified atom stereocenters. The number of pyridine rings is 1. The summed E-state index contributed by atoms with van der Waals surface area (Å²) in [6.07, 6.45) is 5.40. The van der Waals surface area contributed by atoms with Crippen LogP contribution in [0, 0.1) is 0 Å². The molecular weight excluding hydrogens is 458 g/mol. The van der Waals surface area contributed by atoms with Crippen molar-refractivity contribution in [3.8, 4) is 11.5 Å². The smallest absolute Gasteiger partial charge is 0.277 e. The molecule has 3 heterocycles. The molecule has 36 heavy (non-hydrogen) atoms. The van der Waals surface area contributed by atoms with Crippen LogP contribution < -0.4 is 5.32 Å². The molecule has 0 saturated heterocycles. The molecule has 0 saturated carbocycles. The summed E-state index contributed by atoms with van der Waals surface area (Å²) in [6.45, 7) is 11.4. The first-order chi connectivity index (χ1) is 16.8. The first kappa shape index (κ1) is 25.5. The zero-order chi connectivity index (χ0) is 26.3. The van der Waals surface area contributed by atoms with E-state index in [1.165, 1.54) is 6.26 Å². The van der Waals surface area contributed by atoms with Crippen molar-refractivity contribution in [2.45, 2.75) is 71.6 Å². The summed E-state index contributed by atoms with van der Waals surface area (Å²) in [7, 11) is 0. The Labute approximate surface area is 210 Å². The Hall–Kier alpha value is -3.56. The summed E-state index contributed by atoms with van der Waals surface area (Å²) in [5.74, 6) is 0.121. The van der Waals surface area contributed by atoms with E-state index in [4.69, 9.17) is 4.42 Å². The maximum absolute atomic E-state index is 13.1. The van der Waals surface area contributed by atoms with Crippen molar-refractivity contribution >= 4 is 22.5 Å². The number of aliphatic hydroxyl groups is 2. The molecule has 4 aromatic rings. The Morgan fingerprint density at radius 2 is 1.92 bits per heavy atom. The number of aryl methyl sites for hydroxylation is 1. The minimum absolute atomic E-state index is 0.121. The lowest BCUT2D eigenvalue weighted by Gasteiger charge is -2.21. The molecular formula is C27H33N5O4. The summed E-state index contributed by atoms with van der Waals surface area (Å²) in [5, 5.41) is 29.1. The van der Waals surface area contributed by atoms with Crippen LogP contribution in [0.4, 0.5) is 5.69 Å². The highest BCUT2D eigenvalue weighted by molar-refractivity contribution is 6.04. The molecule has 0 aliphatic heterocycles. The van der Waals surface area contributed by atoms with Gasteiger partial charge in [0.05, 0.1) is 16.7 Å². The van der Waals surface area contributed by atoms with Crippen molar-refractivity contribution in [3.05, 3.63) is 59.9 Å². The minimum atomic E-state index is -1.23. The number of amides is 1. The van der Waals surface area contributed by atoms with Gasteiger partial charge in [0, 0.05) is 46.8 Å². The molecule has 0 bridgehead atoms. The van der Waals surface area contributed by atoms with Crippen LogP contribution in [0.1, 0.15) is 75.6 Å². The molecule has 1 aromatic carbocycles.